The monoisotopic (exact) mass is 356 g/mol. The minimum Gasteiger partial charge on any atom is -0.508 e. The van der Waals surface area contributed by atoms with Crippen LogP contribution < -0.4 is 5.32 Å². The molecule has 2 aromatic rings. The molecular formula is C20H24N2O4. The number of aliphatic hydroxyl groups excluding tert-OH is 1. The maximum atomic E-state index is 12.1. The highest BCUT2D eigenvalue weighted by molar-refractivity contribution is 5.79. The van der Waals surface area contributed by atoms with Crippen LogP contribution in [0.5, 0.6) is 5.75 Å². The first-order valence-electron chi connectivity index (χ1n) is 8.47. The lowest BCUT2D eigenvalue weighted by Crippen LogP contribution is -2.39. The third kappa shape index (κ3) is 5.89. The van der Waals surface area contributed by atoms with E-state index in [1.54, 1.807) is 18.2 Å². The first-order chi connectivity index (χ1) is 12.5. The summed E-state index contributed by atoms with van der Waals surface area (Å²) >= 11 is 0. The molecule has 0 heterocycles. The van der Waals surface area contributed by atoms with E-state index < -0.39 is 6.61 Å². The predicted molar refractivity (Wildman–Crippen MR) is 98.5 cm³/mol. The fourth-order valence-corrected chi connectivity index (χ4v) is 2.64. The normalized spacial score (nSPS) is 10.4. The van der Waals surface area contributed by atoms with Crippen LogP contribution in [0, 0.1) is 6.92 Å². The van der Waals surface area contributed by atoms with Crippen LogP contribution in [0.25, 0.3) is 0 Å². The second-order valence-electron chi connectivity index (χ2n) is 6.10. The molecule has 3 N–H and O–H groups in total. The Hall–Kier alpha value is -2.86. The molecule has 2 rings (SSSR count). The smallest absolute Gasteiger partial charge is 0.248 e. The second-order valence-corrected chi connectivity index (χ2v) is 6.10. The van der Waals surface area contributed by atoms with E-state index in [-0.39, 0.29) is 24.0 Å². The number of hydrogen-bond acceptors (Lipinski definition) is 4. The molecule has 26 heavy (non-hydrogen) atoms. The topological polar surface area (TPSA) is 89.9 Å². The second kappa shape index (κ2) is 9.58. The molecule has 6 nitrogen and oxygen atoms in total. The molecule has 0 fully saturated rings. The Bertz CT molecular complexity index is 747. The van der Waals surface area contributed by atoms with Crippen molar-refractivity contribution in [3.63, 3.8) is 0 Å². The molecule has 0 unspecified atom stereocenters. The van der Waals surface area contributed by atoms with E-state index in [9.17, 15) is 14.7 Å². The summed E-state index contributed by atoms with van der Waals surface area (Å²) in [4.78, 5) is 25.5. The Morgan fingerprint density at radius 3 is 2.50 bits per heavy atom. The highest BCUT2D eigenvalue weighted by atomic mass is 16.3. The van der Waals surface area contributed by atoms with Gasteiger partial charge in [0, 0.05) is 19.6 Å². The van der Waals surface area contributed by atoms with Crippen LogP contribution >= 0.6 is 0 Å². The zero-order valence-corrected chi connectivity index (χ0v) is 14.8. The third-order valence-electron chi connectivity index (χ3n) is 4.09. The summed E-state index contributed by atoms with van der Waals surface area (Å²) in [6.07, 6.45) is 0.207. The fourth-order valence-electron chi connectivity index (χ4n) is 2.64. The van der Waals surface area contributed by atoms with Crippen molar-refractivity contribution < 1.29 is 19.8 Å². The van der Waals surface area contributed by atoms with Gasteiger partial charge in [0.25, 0.3) is 0 Å². The molecule has 2 aromatic carbocycles. The van der Waals surface area contributed by atoms with Crippen LogP contribution in [0.15, 0.2) is 48.5 Å². The van der Waals surface area contributed by atoms with Gasteiger partial charge in [0.1, 0.15) is 12.4 Å². The molecule has 0 radical (unpaired) electrons. The molecule has 0 bridgehead atoms. The molecular weight excluding hydrogens is 332 g/mol. The van der Waals surface area contributed by atoms with Crippen molar-refractivity contribution in [1.29, 1.82) is 0 Å². The number of nitrogens with one attached hydrogen (secondary N) is 1. The van der Waals surface area contributed by atoms with Crippen LogP contribution in [0.1, 0.15) is 16.7 Å². The highest BCUT2D eigenvalue weighted by Crippen LogP contribution is 2.16. The van der Waals surface area contributed by atoms with E-state index in [1.807, 2.05) is 37.3 Å². The van der Waals surface area contributed by atoms with Gasteiger partial charge in [-0.15, -0.1) is 0 Å². The van der Waals surface area contributed by atoms with Gasteiger partial charge >= 0.3 is 0 Å². The summed E-state index contributed by atoms with van der Waals surface area (Å²) in [7, 11) is 0. The fraction of sp³-hybridized carbons (Fsp3) is 0.300. The number of benzene rings is 2. The van der Waals surface area contributed by atoms with Crippen LogP contribution in [-0.2, 0) is 22.6 Å². The van der Waals surface area contributed by atoms with Crippen LogP contribution in [0.4, 0.5) is 0 Å². The molecule has 0 saturated carbocycles. The van der Waals surface area contributed by atoms with Gasteiger partial charge in [-0.25, -0.2) is 0 Å². The van der Waals surface area contributed by atoms with E-state index in [0.29, 0.717) is 19.6 Å². The number of phenols is 1. The van der Waals surface area contributed by atoms with Gasteiger partial charge in [0.2, 0.25) is 11.8 Å². The van der Waals surface area contributed by atoms with E-state index in [2.05, 4.69) is 5.32 Å². The van der Waals surface area contributed by atoms with Gasteiger partial charge in [-0.05, 0) is 35.7 Å². The van der Waals surface area contributed by atoms with Gasteiger partial charge in [0.05, 0.1) is 6.42 Å². The zero-order valence-electron chi connectivity index (χ0n) is 14.8. The number of hydrogen-bond donors (Lipinski definition) is 3. The SMILES string of the molecule is Cc1cc(O)ccc1CC(=O)NCCN(Cc1ccccc1)C(=O)CO. The lowest BCUT2D eigenvalue weighted by Gasteiger charge is -2.22. The van der Waals surface area contributed by atoms with E-state index in [0.717, 1.165) is 16.7 Å². The Labute approximate surface area is 153 Å². The number of aromatic hydroxyl groups is 1. The van der Waals surface area contributed by atoms with Crippen LogP contribution in [-0.4, -0.2) is 46.6 Å². The Balaban J connectivity index is 1.86. The summed E-state index contributed by atoms with van der Waals surface area (Å²) in [5.41, 5.74) is 2.65. The maximum Gasteiger partial charge on any atom is 0.248 e. The van der Waals surface area contributed by atoms with Crippen molar-refractivity contribution in [2.45, 2.75) is 19.9 Å². The minimum atomic E-state index is -0.562. The number of nitrogens with zero attached hydrogens (tertiary/aromatic N) is 1. The average molecular weight is 356 g/mol. The number of aryl methyl sites for hydroxylation is 1. The van der Waals surface area contributed by atoms with Crippen molar-refractivity contribution in [2.24, 2.45) is 0 Å². The Kier molecular flexibility index (Phi) is 7.17. The summed E-state index contributed by atoms with van der Waals surface area (Å²) in [5.74, 6) is -0.363. The molecule has 0 spiro atoms. The van der Waals surface area contributed by atoms with Crippen LogP contribution in [0.3, 0.4) is 0 Å². The molecule has 138 valence electrons. The van der Waals surface area contributed by atoms with Crippen molar-refractivity contribution in [3.05, 3.63) is 65.2 Å². The first kappa shape index (κ1) is 19.5. The van der Waals surface area contributed by atoms with Gasteiger partial charge in [-0.1, -0.05) is 36.4 Å². The minimum absolute atomic E-state index is 0.158. The first-order valence-corrected chi connectivity index (χ1v) is 8.47. The summed E-state index contributed by atoms with van der Waals surface area (Å²) in [6, 6.07) is 14.4. The molecule has 6 heteroatoms. The third-order valence-corrected chi connectivity index (χ3v) is 4.09. The van der Waals surface area contributed by atoms with Gasteiger partial charge < -0.3 is 20.4 Å². The molecule has 0 atom stereocenters. The largest absolute Gasteiger partial charge is 0.508 e. The van der Waals surface area contributed by atoms with Crippen molar-refractivity contribution in [3.8, 4) is 5.75 Å². The number of phenolic OH excluding ortho intramolecular Hbond substituents is 1. The number of carbonyl (C=O) groups excluding carboxylic acids is 2. The summed E-state index contributed by atoms with van der Waals surface area (Å²) < 4.78 is 0. The molecule has 0 aromatic heterocycles. The molecule has 0 saturated heterocycles. The molecule has 0 aliphatic rings. The molecule has 0 aliphatic heterocycles. The number of amides is 2. The average Bonchev–Trinajstić information content (AvgIpc) is 2.63. The highest BCUT2D eigenvalue weighted by Gasteiger charge is 2.13. The quantitative estimate of drug-likeness (QED) is 0.667. The number of carbonyl (C=O) groups is 2. The Morgan fingerprint density at radius 1 is 1.12 bits per heavy atom. The van der Waals surface area contributed by atoms with Crippen LogP contribution in [0.2, 0.25) is 0 Å². The molecule has 2 amide bonds. The lowest BCUT2D eigenvalue weighted by molar-refractivity contribution is -0.135. The summed E-state index contributed by atoms with van der Waals surface area (Å²) in [5, 5.41) is 21.3. The standard InChI is InChI=1S/C20H24N2O4/c1-15-11-18(24)8-7-17(15)12-19(25)21-9-10-22(20(26)14-23)13-16-5-3-2-4-6-16/h2-8,11,23-24H,9-10,12-14H2,1H3,(H,21,25). The lowest BCUT2D eigenvalue weighted by atomic mass is 10.1. The van der Waals surface area contributed by atoms with Crippen molar-refractivity contribution >= 4 is 11.8 Å². The van der Waals surface area contributed by atoms with E-state index in [1.165, 1.54) is 4.90 Å². The van der Waals surface area contributed by atoms with Gasteiger partial charge in [-0.3, -0.25) is 9.59 Å². The summed E-state index contributed by atoms with van der Waals surface area (Å²) in [6.45, 7) is 2.27. The predicted octanol–water partition coefficient (Wildman–Crippen LogP) is 1.38. The molecule has 0 aliphatic carbocycles. The Morgan fingerprint density at radius 2 is 1.85 bits per heavy atom. The maximum absolute atomic E-state index is 12.1. The number of rotatable bonds is 8. The zero-order chi connectivity index (χ0) is 18.9. The van der Waals surface area contributed by atoms with Crippen molar-refractivity contribution in [2.75, 3.05) is 19.7 Å². The van der Waals surface area contributed by atoms with Gasteiger partial charge in [-0.2, -0.15) is 0 Å². The van der Waals surface area contributed by atoms with Gasteiger partial charge in [0.15, 0.2) is 0 Å². The van der Waals surface area contributed by atoms with Crippen molar-refractivity contribution in [1.82, 2.24) is 10.2 Å². The number of aliphatic hydroxyl groups is 1. The van der Waals surface area contributed by atoms with E-state index >= 15 is 0 Å². The van der Waals surface area contributed by atoms with E-state index in [4.69, 9.17) is 5.11 Å².